The molecule has 0 saturated carbocycles. The highest BCUT2D eigenvalue weighted by molar-refractivity contribution is 9.10. The SMILES string of the molecule is Sc1cc(Cl)cc(Cl)c1Br. The van der Waals surface area contributed by atoms with E-state index in [9.17, 15) is 0 Å². The molecule has 0 aliphatic heterocycles. The van der Waals surface area contributed by atoms with Crippen LogP contribution in [0, 0.1) is 0 Å². The molecule has 54 valence electrons. The number of hydrogen-bond acceptors (Lipinski definition) is 1. The second-order valence-corrected chi connectivity index (χ2v) is 3.84. The molecule has 0 radical (unpaired) electrons. The third kappa shape index (κ3) is 1.82. The zero-order chi connectivity index (χ0) is 7.72. The fourth-order valence-corrected chi connectivity index (χ4v) is 1.67. The van der Waals surface area contributed by atoms with Crippen LogP contribution in [0.25, 0.3) is 0 Å². The normalized spacial score (nSPS) is 10.0. The summed E-state index contributed by atoms with van der Waals surface area (Å²) in [6, 6.07) is 3.38. The van der Waals surface area contributed by atoms with Crippen molar-refractivity contribution in [2.45, 2.75) is 4.90 Å². The van der Waals surface area contributed by atoms with Crippen LogP contribution in [0.15, 0.2) is 21.5 Å². The molecule has 0 aromatic heterocycles. The van der Waals surface area contributed by atoms with E-state index in [0.29, 0.717) is 10.0 Å². The summed E-state index contributed by atoms with van der Waals surface area (Å²) in [6.45, 7) is 0. The zero-order valence-corrected chi connectivity index (χ0v) is 8.73. The summed E-state index contributed by atoms with van der Waals surface area (Å²) < 4.78 is 0.780. The molecule has 0 atom stereocenters. The summed E-state index contributed by atoms with van der Waals surface area (Å²) in [5, 5.41) is 1.18. The van der Waals surface area contributed by atoms with E-state index >= 15 is 0 Å². The predicted octanol–water partition coefficient (Wildman–Crippen LogP) is 4.04. The lowest BCUT2D eigenvalue weighted by Gasteiger charge is -1.99. The lowest BCUT2D eigenvalue weighted by molar-refractivity contribution is 1.42. The minimum Gasteiger partial charge on any atom is -0.142 e. The van der Waals surface area contributed by atoms with Gasteiger partial charge < -0.3 is 0 Å². The molecule has 0 spiro atoms. The first kappa shape index (κ1) is 8.72. The van der Waals surface area contributed by atoms with Crippen molar-refractivity contribution in [1.29, 1.82) is 0 Å². The van der Waals surface area contributed by atoms with E-state index in [1.165, 1.54) is 0 Å². The van der Waals surface area contributed by atoms with E-state index in [0.717, 1.165) is 9.37 Å². The predicted molar refractivity (Wildman–Crippen MR) is 51.4 cm³/mol. The molecule has 4 heteroatoms. The van der Waals surface area contributed by atoms with Crippen LogP contribution >= 0.6 is 51.8 Å². The highest BCUT2D eigenvalue weighted by Crippen LogP contribution is 2.31. The average Bonchev–Trinajstić information content (AvgIpc) is 1.82. The molecule has 0 saturated heterocycles. The van der Waals surface area contributed by atoms with Crippen molar-refractivity contribution in [3.63, 3.8) is 0 Å². The molecule has 1 aromatic rings. The van der Waals surface area contributed by atoms with Crippen LogP contribution in [0.2, 0.25) is 10.0 Å². The van der Waals surface area contributed by atoms with Crippen LogP contribution < -0.4 is 0 Å². The Balaban J connectivity index is 3.31. The van der Waals surface area contributed by atoms with Gasteiger partial charge in [0.1, 0.15) is 0 Å². The molecule has 0 heterocycles. The summed E-state index contributed by atoms with van der Waals surface area (Å²) in [5.41, 5.74) is 0. The summed E-state index contributed by atoms with van der Waals surface area (Å²) >= 11 is 18.8. The van der Waals surface area contributed by atoms with E-state index in [1.807, 2.05) is 0 Å². The third-order valence-corrected chi connectivity index (χ3v) is 3.23. The van der Waals surface area contributed by atoms with Crippen LogP contribution in [0.1, 0.15) is 0 Å². The van der Waals surface area contributed by atoms with Crippen molar-refractivity contribution in [3.8, 4) is 0 Å². The van der Waals surface area contributed by atoms with Crippen LogP contribution in [0.4, 0.5) is 0 Å². The zero-order valence-electron chi connectivity index (χ0n) is 4.74. The van der Waals surface area contributed by atoms with Crippen LogP contribution in [0.3, 0.4) is 0 Å². The fourth-order valence-electron chi connectivity index (χ4n) is 0.542. The smallest absolute Gasteiger partial charge is 0.0574 e. The fraction of sp³-hybridized carbons (Fsp3) is 0. The molecule has 0 aliphatic carbocycles. The Bertz CT molecular complexity index is 239. The number of thiol groups is 1. The van der Waals surface area contributed by atoms with Crippen LogP contribution in [-0.4, -0.2) is 0 Å². The molecular weight excluding hydrogens is 255 g/mol. The van der Waals surface area contributed by atoms with E-state index in [-0.39, 0.29) is 0 Å². The molecule has 1 aromatic carbocycles. The Morgan fingerprint density at radius 1 is 1.30 bits per heavy atom. The van der Waals surface area contributed by atoms with Crippen LogP contribution in [-0.2, 0) is 0 Å². The Kier molecular flexibility index (Phi) is 2.92. The van der Waals surface area contributed by atoms with Crippen LogP contribution in [0.5, 0.6) is 0 Å². The second-order valence-electron chi connectivity index (χ2n) is 1.72. The quantitative estimate of drug-likeness (QED) is 0.526. The second kappa shape index (κ2) is 3.35. The molecule has 1 rings (SSSR count). The number of rotatable bonds is 0. The van der Waals surface area contributed by atoms with Gasteiger partial charge in [-0.3, -0.25) is 0 Å². The first-order chi connectivity index (χ1) is 4.61. The highest BCUT2D eigenvalue weighted by atomic mass is 79.9. The first-order valence-electron chi connectivity index (χ1n) is 2.45. The molecular formula is C6H3BrCl2S. The van der Waals surface area contributed by atoms with E-state index < -0.39 is 0 Å². The Hall–Kier alpha value is 0.630. The maximum Gasteiger partial charge on any atom is 0.0574 e. The molecule has 0 bridgehead atoms. The van der Waals surface area contributed by atoms with Crippen molar-refractivity contribution in [2.75, 3.05) is 0 Å². The average molecular weight is 258 g/mol. The molecule has 0 fully saturated rings. The summed E-state index contributed by atoms with van der Waals surface area (Å²) in [6.07, 6.45) is 0. The highest BCUT2D eigenvalue weighted by Gasteiger charge is 2.01. The summed E-state index contributed by atoms with van der Waals surface area (Å²) in [7, 11) is 0. The molecule has 10 heavy (non-hydrogen) atoms. The van der Waals surface area contributed by atoms with E-state index in [1.54, 1.807) is 12.1 Å². The van der Waals surface area contributed by atoms with E-state index in [2.05, 4.69) is 28.6 Å². The van der Waals surface area contributed by atoms with Crippen molar-refractivity contribution in [3.05, 3.63) is 26.7 Å². The maximum absolute atomic E-state index is 5.74. The minimum absolute atomic E-state index is 0.581. The molecule has 0 unspecified atom stereocenters. The largest absolute Gasteiger partial charge is 0.142 e. The van der Waals surface area contributed by atoms with Gasteiger partial charge in [0.25, 0.3) is 0 Å². The molecule has 0 aliphatic rings. The summed E-state index contributed by atoms with van der Waals surface area (Å²) in [4.78, 5) is 0.748. The van der Waals surface area contributed by atoms with Crippen molar-refractivity contribution in [1.82, 2.24) is 0 Å². The number of hydrogen-bond donors (Lipinski definition) is 1. The monoisotopic (exact) mass is 256 g/mol. The van der Waals surface area contributed by atoms with Gasteiger partial charge in [-0.1, -0.05) is 23.2 Å². The maximum atomic E-state index is 5.74. The van der Waals surface area contributed by atoms with Crippen molar-refractivity contribution < 1.29 is 0 Å². The lowest BCUT2D eigenvalue weighted by atomic mass is 10.4. The van der Waals surface area contributed by atoms with Gasteiger partial charge in [0.05, 0.1) is 5.02 Å². The number of halogens is 3. The third-order valence-electron chi connectivity index (χ3n) is 0.974. The standard InChI is InChI=1S/C6H3BrCl2S/c7-6-4(9)1-3(8)2-5(6)10/h1-2,10H. The number of benzene rings is 1. The van der Waals surface area contributed by atoms with Gasteiger partial charge >= 0.3 is 0 Å². The minimum atomic E-state index is 0.581. The molecule has 0 N–H and O–H groups in total. The lowest BCUT2D eigenvalue weighted by Crippen LogP contribution is -1.72. The topological polar surface area (TPSA) is 0 Å². The Labute approximate surface area is 83.1 Å². The van der Waals surface area contributed by atoms with Gasteiger partial charge in [-0.25, -0.2) is 0 Å². The Morgan fingerprint density at radius 2 is 1.90 bits per heavy atom. The van der Waals surface area contributed by atoms with Gasteiger partial charge in [-0.05, 0) is 28.1 Å². The van der Waals surface area contributed by atoms with Gasteiger partial charge in [0.15, 0.2) is 0 Å². The Morgan fingerprint density at radius 3 is 2.40 bits per heavy atom. The van der Waals surface area contributed by atoms with Gasteiger partial charge in [-0.2, -0.15) is 0 Å². The molecule has 0 nitrogen and oxygen atoms in total. The van der Waals surface area contributed by atoms with Gasteiger partial charge in [0, 0.05) is 14.4 Å². The molecule has 0 amide bonds. The van der Waals surface area contributed by atoms with E-state index in [4.69, 9.17) is 23.2 Å². The van der Waals surface area contributed by atoms with Crippen molar-refractivity contribution >= 4 is 51.8 Å². The van der Waals surface area contributed by atoms with Crippen molar-refractivity contribution in [2.24, 2.45) is 0 Å². The van der Waals surface area contributed by atoms with Gasteiger partial charge in [0.2, 0.25) is 0 Å². The van der Waals surface area contributed by atoms with Gasteiger partial charge in [-0.15, -0.1) is 12.6 Å². The summed E-state index contributed by atoms with van der Waals surface area (Å²) in [5.74, 6) is 0. The first-order valence-corrected chi connectivity index (χ1v) is 4.44.